The van der Waals surface area contributed by atoms with E-state index in [1.807, 2.05) is 27.7 Å². The summed E-state index contributed by atoms with van der Waals surface area (Å²) in [4.78, 5) is 80.1. The molecule has 12 nitrogen and oxygen atoms in total. The molecule has 0 radical (unpaired) electrons. The highest BCUT2D eigenvalue weighted by atomic mass is 16.2. The summed E-state index contributed by atoms with van der Waals surface area (Å²) in [5.74, 6) is -3.03. The molecule has 0 aromatic heterocycles. The number of likely N-dealkylation sites (N-methyl/N-ethyl adjacent to an activating group) is 1. The lowest BCUT2D eigenvalue weighted by atomic mass is 9.85. The van der Waals surface area contributed by atoms with Gasteiger partial charge in [0, 0.05) is 26.2 Å². The first-order chi connectivity index (χ1) is 18.6. The van der Waals surface area contributed by atoms with Crippen LogP contribution in [0.15, 0.2) is 12.7 Å². The molecule has 6 amide bonds. The predicted octanol–water partition coefficient (Wildman–Crippen LogP) is 0.960. The average Bonchev–Trinajstić information content (AvgIpc) is 3.27. The number of likely N-dealkylation sites (tertiary alicyclic amines) is 1. The number of Topliss-reactive ketones (excluding diaryl/α,β-unsaturated/α-hetero) is 1. The van der Waals surface area contributed by atoms with Crippen molar-refractivity contribution in [1.29, 1.82) is 0 Å². The summed E-state index contributed by atoms with van der Waals surface area (Å²) in [6, 6.07) is -3.62. The van der Waals surface area contributed by atoms with Gasteiger partial charge in [-0.05, 0) is 38.0 Å². The van der Waals surface area contributed by atoms with E-state index in [1.54, 1.807) is 27.8 Å². The van der Waals surface area contributed by atoms with Gasteiger partial charge in [-0.3, -0.25) is 24.0 Å². The van der Waals surface area contributed by atoms with Crippen molar-refractivity contribution in [3.8, 4) is 0 Å². The zero-order chi connectivity index (χ0) is 30.8. The number of ketones is 1. The third-order valence-corrected chi connectivity index (χ3v) is 7.05. The number of carbonyl (C=O) groups excluding carboxylic acids is 6. The van der Waals surface area contributed by atoms with Crippen LogP contribution in [-0.2, 0) is 24.0 Å². The molecule has 40 heavy (non-hydrogen) atoms. The molecular weight excluding hydrogens is 516 g/mol. The Balaban J connectivity index is 3.06. The maximum atomic E-state index is 13.8. The SMILES string of the molecule is C=CCNC(=O)C(=O)C(CCC)NC(=O)C1[C@@H](C)CCN1C(=O)[C@@H](NC(=O)NCC(=O)N(C)C(C)C)C(C)(C)C. The molecule has 0 aromatic rings. The van der Waals surface area contributed by atoms with E-state index in [0.29, 0.717) is 12.8 Å². The van der Waals surface area contributed by atoms with E-state index >= 15 is 0 Å². The minimum absolute atomic E-state index is 0.0322. The van der Waals surface area contributed by atoms with Crippen LogP contribution in [0.25, 0.3) is 0 Å². The molecule has 1 fully saturated rings. The van der Waals surface area contributed by atoms with Gasteiger partial charge in [0.1, 0.15) is 12.1 Å². The number of hydrogen-bond donors (Lipinski definition) is 4. The molecule has 1 rings (SSSR count). The fourth-order valence-electron chi connectivity index (χ4n) is 4.38. The standard InChI is InChI=1S/C28H48N6O6/c1-10-12-19(22(36)25(38)29-14-11-2)31-24(37)21-18(5)13-15-34(21)26(39)23(28(6,7)8)32-27(40)30-16-20(35)33(9)17(3)4/h11,17-19,21,23H,2,10,12-16H2,1,3-9H3,(H,29,38)(H,31,37)(H2,30,32,40)/t18-,19?,21?,23+/m0/s1. The van der Waals surface area contributed by atoms with Gasteiger partial charge in [0.05, 0.1) is 12.6 Å². The van der Waals surface area contributed by atoms with Crippen LogP contribution in [0.4, 0.5) is 4.79 Å². The Bertz CT molecular complexity index is 959. The van der Waals surface area contributed by atoms with Crippen LogP contribution in [0.3, 0.4) is 0 Å². The van der Waals surface area contributed by atoms with Crippen molar-refractivity contribution in [3.63, 3.8) is 0 Å². The Morgan fingerprint density at radius 3 is 2.23 bits per heavy atom. The summed E-state index contributed by atoms with van der Waals surface area (Å²) in [5, 5.41) is 10.3. The second-order valence-corrected chi connectivity index (χ2v) is 11.7. The topological polar surface area (TPSA) is 157 Å². The van der Waals surface area contributed by atoms with Gasteiger partial charge in [-0.1, -0.05) is 47.1 Å². The number of urea groups is 1. The lowest BCUT2D eigenvalue weighted by Crippen LogP contribution is -2.61. The Kier molecular flexibility index (Phi) is 13.3. The Labute approximate surface area is 238 Å². The Morgan fingerprint density at radius 2 is 1.70 bits per heavy atom. The predicted molar refractivity (Wildman–Crippen MR) is 152 cm³/mol. The van der Waals surface area contributed by atoms with E-state index in [2.05, 4.69) is 27.8 Å². The van der Waals surface area contributed by atoms with Crippen molar-refractivity contribution in [2.45, 2.75) is 91.9 Å². The number of carbonyl (C=O) groups is 6. The molecular formula is C28H48N6O6. The number of hydrogen-bond acceptors (Lipinski definition) is 6. The van der Waals surface area contributed by atoms with Gasteiger partial charge >= 0.3 is 6.03 Å². The molecule has 1 heterocycles. The van der Waals surface area contributed by atoms with E-state index in [4.69, 9.17) is 0 Å². The summed E-state index contributed by atoms with van der Waals surface area (Å²) in [5.41, 5.74) is -0.718. The van der Waals surface area contributed by atoms with Gasteiger partial charge in [0.2, 0.25) is 23.5 Å². The van der Waals surface area contributed by atoms with E-state index in [9.17, 15) is 28.8 Å². The van der Waals surface area contributed by atoms with E-state index < -0.39 is 53.1 Å². The van der Waals surface area contributed by atoms with Crippen LogP contribution in [0.2, 0.25) is 0 Å². The second-order valence-electron chi connectivity index (χ2n) is 11.7. The van der Waals surface area contributed by atoms with Crippen molar-refractivity contribution in [2.24, 2.45) is 11.3 Å². The number of amides is 6. The second kappa shape index (κ2) is 15.4. The first-order valence-corrected chi connectivity index (χ1v) is 13.9. The van der Waals surface area contributed by atoms with Crippen LogP contribution in [0.5, 0.6) is 0 Å². The molecule has 0 aliphatic carbocycles. The molecule has 0 bridgehead atoms. The Hall–Kier alpha value is -3.44. The van der Waals surface area contributed by atoms with Gasteiger partial charge < -0.3 is 31.1 Å². The molecule has 0 aromatic carbocycles. The molecule has 4 atom stereocenters. The third kappa shape index (κ3) is 9.63. The minimum atomic E-state index is -1.03. The average molecular weight is 565 g/mol. The van der Waals surface area contributed by atoms with Crippen molar-refractivity contribution >= 4 is 35.4 Å². The molecule has 0 spiro atoms. The third-order valence-electron chi connectivity index (χ3n) is 7.05. The number of rotatable bonds is 13. The van der Waals surface area contributed by atoms with Gasteiger partial charge in [-0.2, -0.15) is 0 Å². The van der Waals surface area contributed by atoms with Crippen LogP contribution in [0.1, 0.15) is 67.7 Å². The molecule has 1 aliphatic heterocycles. The van der Waals surface area contributed by atoms with E-state index in [1.165, 1.54) is 15.9 Å². The fraction of sp³-hybridized carbons (Fsp3) is 0.714. The summed E-state index contributed by atoms with van der Waals surface area (Å²) >= 11 is 0. The molecule has 1 saturated heterocycles. The van der Waals surface area contributed by atoms with Crippen LogP contribution in [-0.4, -0.2) is 96.1 Å². The highest BCUT2D eigenvalue weighted by Gasteiger charge is 2.45. The van der Waals surface area contributed by atoms with Crippen molar-refractivity contribution in [2.75, 3.05) is 26.7 Å². The summed E-state index contributed by atoms with van der Waals surface area (Å²) in [7, 11) is 1.64. The van der Waals surface area contributed by atoms with Gasteiger partial charge in [0.25, 0.3) is 5.91 Å². The first-order valence-electron chi connectivity index (χ1n) is 13.9. The van der Waals surface area contributed by atoms with Crippen molar-refractivity contribution in [1.82, 2.24) is 31.1 Å². The molecule has 0 saturated carbocycles. The summed E-state index contributed by atoms with van der Waals surface area (Å²) < 4.78 is 0. The smallest absolute Gasteiger partial charge is 0.315 e. The normalized spacial score (nSPS) is 18.4. The van der Waals surface area contributed by atoms with Crippen LogP contribution in [0, 0.1) is 11.3 Å². The maximum Gasteiger partial charge on any atom is 0.315 e. The van der Waals surface area contributed by atoms with Crippen molar-refractivity contribution in [3.05, 3.63) is 12.7 Å². The largest absolute Gasteiger partial charge is 0.346 e. The Morgan fingerprint density at radius 1 is 1.07 bits per heavy atom. The van der Waals surface area contributed by atoms with Gasteiger partial charge in [-0.15, -0.1) is 6.58 Å². The molecule has 4 N–H and O–H groups in total. The lowest BCUT2D eigenvalue weighted by molar-refractivity contribution is -0.144. The number of nitrogens with zero attached hydrogens (tertiary/aromatic N) is 2. The lowest BCUT2D eigenvalue weighted by Gasteiger charge is -2.36. The summed E-state index contributed by atoms with van der Waals surface area (Å²) in [6.45, 7) is 16.4. The van der Waals surface area contributed by atoms with Crippen LogP contribution < -0.4 is 21.3 Å². The zero-order valence-corrected chi connectivity index (χ0v) is 25.3. The van der Waals surface area contributed by atoms with E-state index in [-0.39, 0.29) is 43.9 Å². The van der Waals surface area contributed by atoms with Gasteiger partial charge in [0.15, 0.2) is 0 Å². The molecule has 1 aliphatic rings. The molecule has 12 heteroatoms. The quantitative estimate of drug-likeness (QED) is 0.193. The first kappa shape index (κ1) is 34.6. The zero-order valence-electron chi connectivity index (χ0n) is 25.3. The highest BCUT2D eigenvalue weighted by Crippen LogP contribution is 2.29. The molecule has 2 unspecified atom stereocenters. The van der Waals surface area contributed by atoms with Crippen LogP contribution >= 0.6 is 0 Å². The van der Waals surface area contributed by atoms with E-state index in [0.717, 1.165) is 0 Å². The van der Waals surface area contributed by atoms with Crippen molar-refractivity contribution < 1.29 is 28.8 Å². The minimum Gasteiger partial charge on any atom is -0.346 e. The molecule has 226 valence electrons. The van der Waals surface area contributed by atoms with Gasteiger partial charge in [-0.25, -0.2) is 4.79 Å². The number of nitrogens with one attached hydrogen (secondary N) is 4. The maximum absolute atomic E-state index is 13.8. The monoisotopic (exact) mass is 564 g/mol. The summed E-state index contributed by atoms with van der Waals surface area (Å²) in [6.07, 6.45) is 2.81. The highest BCUT2D eigenvalue weighted by molar-refractivity contribution is 6.38. The fourth-order valence-corrected chi connectivity index (χ4v) is 4.38.